The number of carbonyl (C=O) groups excluding carboxylic acids is 1. The first kappa shape index (κ1) is 16.2. The molecule has 0 spiro atoms. The number of aliphatic carboxylic acids is 1. The Kier molecular flexibility index (Phi) is 3.86. The Morgan fingerprint density at radius 2 is 2.23 bits per heavy atom. The van der Waals surface area contributed by atoms with Crippen LogP contribution in [0, 0.1) is 6.92 Å². The number of aromatic nitrogens is 5. The maximum Gasteiger partial charge on any atom is 0.325 e. The standard InChI is InChI=1S/C16H16N6O4/c1-8-14-11(4-12(9-2-3-9)18-16(14)26-20-8)15(25)17-5-10-6-22(21-19-10)7-13(23)24/h4,6,9H,2-3,5,7H2,1H3,(H,17,25)(H,23,24). The van der Waals surface area contributed by atoms with Gasteiger partial charge in [-0.3, -0.25) is 9.59 Å². The summed E-state index contributed by atoms with van der Waals surface area (Å²) >= 11 is 0. The lowest BCUT2D eigenvalue weighted by molar-refractivity contribution is -0.137. The molecular formula is C16H16N6O4. The highest BCUT2D eigenvalue weighted by atomic mass is 16.5. The fourth-order valence-electron chi connectivity index (χ4n) is 2.78. The number of hydrogen-bond acceptors (Lipinski definition) is 7. The summed E-state index contributed by atoms with van der Waals surface area (Å²) in [6.07, 6.45) is 3.59. The summed E-state index contributed by atoms with van der Waals surface area (Å²) < 4.78 is 6.44. The van der Waals surface area contributed by atoms with Crippen molar-refractivity contribution in [1.29, 1.82) is 0 Å². The molecule has 0 aromatic carbocycles. The number of carbonyl (C=O) groups is 2. The van der Waals surface area contributed by atoms with Gasteiger partial charge in [0, 0.05) is 11.6 Å². The topological polar surface area (TPSA) is 136 Å². The number of carboxylic acids is 1. The van der Waals surface area contributed by atoms with Crippen LogP contribution < -0.4 is 5.32 Å². The van der Waals surface area contributed by atoms with Crippen LogP contribution in [-0.2, 0) is 17.9 Å². The Morgan fingerprint density at radius 1 is 1.42 bits per heavy atom. The average Bonchev–Trinajstić information content (AvgIpc) is 3.27. The Morgan fingerprint density at radius 3 is 2.96 bits per heavy atom. The molecule has 3 aromatic heterocycles. The lowest BCUT2D eigenvalue weighted by Crippen LogP contribution is -2.23. The minimum Gasteiger partial charge on any atom is -0.480 e. The summed E-state index contributed by atoms with van der Waals surface area (Å²) in [4.78, 5) is 27.8. The van der Waals surface area contributed by atoms with E-state index < -0.39 is 5.97 Å². The molecule has 10 heteroatoms. The molecule has 1 aliphatic carbocycles. The van der Waals surface area contributed by atoms with Crippen LogP contribution >= 0.6 is 0 Å². The van der Waals surface area contributed by atoms with Gasteiger partial charge in [0.15, 0.2) is 0 Å². The predicted octanol–water partition coefficient (Wildman–Crippen LogP) is 1.01. The monoisotopic (exact) mass is 356 g/mol. The number of rotatable bonds is 6. The van der Waals surface area contributed by atoms with E-state index in [9.17, 15) is 9.59 Å². The van der Waals surface area contributed by atoms with E-state index in [0.717, 1.165) is 18.5 Å². The lowest BCUT2D eigenvalue weighted by Gasteiger charge is -2.06. The summed E-state index contributed by atoms with van der Waals surface area (Å²) in [5, 5.41) is 23.6. The molecule has 26 heavy (non-hydrogen) atoms. The molecule has 1 aliphatic rings. The van der Waals surface area contributed by atoms with Crippen LogP contribution in [0.4, 0.5) is 0 Å². The highest BCUT2D eigenvalue weighted by Crippen LogP contribution is 2.40. The van der Waals surface area contributed by atoms with E-state index in [1.807, 2.05) is 0 Å². The largest absolute Gasteiger partial charge is 0.480 e. The van der Waals surface area contributed by atoms with Crippen LogP contribution in [0.1, 0.15) is 46.2 Å². The molecule has 0 saturated heterocycles. The molecule has 1 fully saturated rings. The zero-order valence-electron chi connectivity index (χ0n) is 14.0. The van der Waals surface area contributed by atoms with Crippen molar-refractivity contribution < 1.29 is 19.2 Å². The third kappa shape index (κ3) is 3.13. The van der Waals surface area contributed by atoms with Gasteiger partial charge in [-0.15, -0.1) is 5.10 Å². The Hall–Kier alpha value is -3.30. The zero-order chi connectivity index (χ0) is 18.3. The molecule has 1 amide bonds. The SMILES string of the molecule is Cc1noc2nc(C3CC3)cc(C(=O)NCc3cn(CC(=O)O)nn3)c12. The Balaban J connectivity index is 1.55. The summed E-state index contributed by atoms with van der Waals surface area (Å²) in [7, 11) is 0. The van der Waals surface area contributed by atoms with Crippen molar-refractivity contribution in [1.82, 2.24) is 30.5 Å². The molecule has 4 rings (SSSR count). The van der Waals surface area contributed by atoms with Gasteiger partial charge in [0.2, 0.25) is 0 Å². The molecule has 0 radical (unpaired) electrons. The normalized spacial score (nSPS) is 13.9. The van der Waals surface area contributed by atoms with E-state index in [0.29, 0.717) is 34.0 Å². The van der Waals surface area contributed by atoms with E-state index in [2.05, 4.69) is 25.8 Å². The molecule has 10 nitrogen and oxygen atoms in total. The number of nitrogens with one attached hydrogen (secondary N) is 1. The molecule has 3 heterocycles. The fourth-order valence-corrected chi connectivity index (χ4v) is 2.78. The minimum atomic E-state index is -1.01. The number of carboxylic acid groups (broad SMARTS) is 1. The first-order chi connectivity index (χ1) is 12.5. The number of fused-ring (bicyclic) bond motifs is 1. The van der Waals surface area contributed by atoms with E-state index in [1.54, 1.807) is 13.0 Å². The summed E-state index contributed by atoms with van der Waals surface area (Å²) in [6.45, 7) is 1.61. The molecule has 1 saturated carbocycles. The molecule has 134 valence electrons. The van der Waals surface area contributed by atoms with Gasteiger partial charge in [0.25, 0.3) is 11.6 Å². The fraction of sp³-hybridized carbons (Fsp3) is 0.375. The quantitative estimate of drug-likeness (QED) is 0.668. The summed E-state index contributed by atoms with van der Waals surface area (Å²) in [6, 6.07) is 1.79. The maximum absolute atomic E-state index is 12.7. The van der Waals surface area contributed by atoms with Crippen molar-refractivity contribution in [3.05, 3.63) is 34.9 Å². The van der Waals surface area contributed by atoms with E-state index in [1.165, 1.54) is 10.9 Å². The van der Waals surface area contributed by atoms with Crippen LogP contribution in [0.15, 0.2) is 16.8 Å². The van der Waals surface area contributed by atoms with Crippen molar-refractivity contribution in [3.8, 4) is 0 Å². The molecular weight excluding hydrogens is 340 g/mol. The third-order valence-corrected chi connectivity index (χ3v) is 4.19. The van der Waals surface area contributed by atoms with Crippen LogP contribution in [0.5, 0.6) is 0 Å². The maximum atomic E-state index is 12.7. The van der Waals surface area contributed by atoms with Crippen molar-refractivity contribution in [2.45, 2.75) is 38.8 Å². The van der Waals surface area contributed by atoms with Gasteiger partial charge in [-0.25, -0.2) is 9.67 Å². The molecule has 2 N–H and O–H groups in total. The first-order valence-electron chi connectivity index (χ1n) is 8.17. The smallest absolute Gasteiger partial charge is 0.325 e. The predicted molar refractivity (Wildman–Crippen MR) is 87.3 cm³/mol. The van der Waals surface area contributed by atoms with Crippen LogP contribution in [-0.4, -0.2) is 42.1 Å². The second-order valence-electron chi connectivity index (χ2n) is 6.30. The second kappa shape index (κ2) is 6.21. The van der Waals surface area contributed by atoms with Crippen LogP contribution in [0.2, 0.25) is 0 Å². The van der Waals surface area contributed by atoms with Gasteiger partial charge in [-0.1, -0.05) is 10.4 Å². The number of aryl methyl sites for hydroxylation is 1. The summed E-state index contributed by atoms with van der Waals surface area (Å²) in [5.41, 5.74) is 2.74. The summed E-state index contributed by atoms with van der Waals surface area (Å²) in [5.74, 6) is -0.939. The highest BCUT2D eigenvalue weighted by molar-refractivity contribution is 6.06. The van der Waals surface area contributed by atoms with Gasteiger partial charge in [-0.05, 0) is 25.8 Å². The minimum absolute atomic E-state index is 0.130. The Bertz CT molecular complexity index is 1000. The first-order valence-corrected chi connectivity index (χ1v) is 8.17. The number of pyridine rings is 1. The average molecular weight is 356 g/mol. The van der Waals surface area contributed by atoms with E-state index in [-0.39, 0.29) is 19.0 Å². The number of amides is 1. The van der Waals surface area contributed by atoms with Crippen LogP contribution in [0.25, 0.3) is 11.1 Å². The van der Waals surface area contributed by atoms with Gasteiger partial charge in [-0.2, -0.15) is 0 Å². The van der Waals surface area contributed by atoms with E-state index in [4.69, 9.17) is 9.63 Å². The molecule has 0 unspecified atom stereocenters. The Labute approximate surface area is 147 Å². The van der Waals surface area contributed by atoms with Crippen LogP contribution in [0.3, 0.4) is 0 Å². The van der Waals surface area contributed by atoms with Gasteiger partial charge < -0.3 is 14.9 Å². The lowest BCUT2D eigenvalue weighted by atomic mass is 10.1. The van der Waals surface area contributed by atoms with Crippen molar-refractivity contribution in [2.75, 3.05) is 0 Å². The number of hydrogen-bond donors (Lipinski definition) is 2. The molecule has 3 aromatic rings. The van der Waals surface area contributed by atoms with Gasteiger partial charge in [0.1, 0.15) is 12.2 Å². The van der Waals surface area contributed by atoms with Crippen molar-refractivity contribution in [3.63, 3.8) is 0 Å². The van der Waals surface area contributed by atoms with E-state index >= 15 is 0 Å². The van der Waals surface area contributed by atoms with Gasteiger partial charge >= 0.3 is 5.97 Å². The molecule has 0 bridgehead atoms. The van der Waals surface area contributed by atoms with Crippen molar-refractivity contribution in [2.24, 2.45) is 0 Å². The molecule has 0 atom stereocenters. The zero-order valence-corrected chi connectivity index (χ0v) is 14.0. The van der Waals surface area contributed by atoms with Gasteiger partial charge in [0.05, 0.1) is 29.4 Å². The number of nitrogens with zero attached hydrogens (tertiary/aromatic N) is 5. The van der Waals surface area contributed by atoms with Crippen molar-refractivity contribution >= 4 is 23.0 Å². The third-order valence-electron chi connectivity index (χ3n) is 4.19. The highest BCUT2D eigenvalue weighted by Gasteiger charge is 2.28. The molecule has 0 aliphatic heterocycles. The second-order valence-corrected chi connectivity index (χ2v) is 6.30.